The van der Waals surface area contributed by atoms with E-state index in [1.807, 2.05) is 18.2 Å². The lowest BCUT2D eigenvalue weighted by Gasteiger charge is -2.34. The second-order valence-corrected chi connectivity index (χ2v) is 8.33. The van der Waals surface area contributed by atoms with Crippen LogP contribution in [0.2, 0.25) is 0 Å². The first-order chi connectivity index (χ1) is 15.6. The van der Waals surface area contributed by atoms with Gasteiger partial charge in [0.1, 0.15) is 5.82 Å². The Morgan fingerprint density at radius 1 is 0.812 bits per heavy atom. The minimum atomic E-state index is -0.0573. The number of likely N-dealkylation sites (N-methyl/N-ethyl adjacent to an activating group) is 1. The summed E-state index contributed by atoms with van der Waals surface area (Å²) >= 11 is 0. The molecule has 5 aromatic rings. The molecule has 1 fully saturated rings. The normalized spacial score (nSPS) is 15.1. The third-order valence-electron chi connectivity index (χ3n) is 6.12. The summed E-state index contributed by atoms with van der Waals surface area (Å²) in [7, 11) is 2.17. The Bertz CT molecular complexity index is 1490. The number of fused-ring (bicyclic) bond motifs is 2. The number of hydrogen-bond donors (Lipinski definition) is 3. The molecule has 1 saturated heterocycles. The van der Waals surface area contributed by atoms with E-state index in [-0.39, 0.29) is 5.43 Å². The number of anilines is 1. The Morgan fingerprint density at radius 2 is 1.53 bits per heavy atom. The highest BCUT2D eigenvalue weighted by Crippen LogP contribution is 2.27. The van der Waals surface area contributed by atoms with Crippen molar-refractivity contribution < 1.29 is 0 Å². The van der Waals surface area contributed by atoms with E-state index in [1.165, 1.54) is 17.8 Å². The average Bonchev–Trinajstić information content (AvgIpc) is 3.43. The van der Waals surface area contributed by atoms with Crippen molar-refractivity contribution >= 4 is 27.8 Å². The van der Waals surface area contributed by atoms with Crippen molar-refractivity contribution in [1.29, 1.82) is 0 Å². The molecule has 0 amide bonds. The molecule has 0 atom stereocenters. The van der Waals surface area contributed by atoms with Crippen LogP contribution in [0.15, 0.2) is 59.5 Å². The van der Waals surface area contributed by atoms with E-state index in [2.05, 4.69) is 55.0 Å². The van der Waals surface area contributed by atoms with Gasteiger partial charge in [-0.05, 0) is 43.4 Å². The molecule has 0 spiro atoms. The fourth-order valence-electron chi connectivity index (χ4n) is 4.26. The van der Waals surface area contributed by atoms with Gasteiger partial charge in [-0.1, -0.05) is 0 Å². The lowest BCUT2D eigenvalue weighted by Crippen LogP contribution is -2.44. The van der Waals surface area contributed by atoms with Gasteiger partial charge in [0, 0.05) is 55.8 Å². The SMILES string of the molecule is CN1CCN(c2ccc3nc(-c4ccc5nc(-c6cc(=O)cc[nH]6)[nH]c5c4)[nH]c3c2)CC1. The molecule has 0 unspecified atom stereocenters. The van der Waals surface area contributed by atoms with E-state index in [0.717, 1.165) is 59.6 Å². The molecular weight excluding hydrogens is 402 g/mol. The van der Waals surface area contributed by atoms with Gasteiger partial charge in [-0.3, -0.25) is 4.79 Å². The van der Waals surface area contributed by atoms with Gasteiger partial charge in [0.15, 0.2) is 11.3 Å². The minimum absolute atomic E-state index is 0.0573. The van der Waals surface area contributed by atoms with Gasteiger partial charge < -0.3 is 24.8 Å². The highest BCUT2D eigenvalue weighted by atomic mass is 16.1. The Kier molecular flexibility index (Phi) is 4.32. The van der Waals surface area contributed by atoms with Gasteiger partial charge in [0.25, 0.3) is 0 Å². The van der Waals surface area contributed by atoms with Gasteiger partial charge in [-0.2, -0.15) is 0 Å². The zero-order valence-corrected chi connectivity index (χ0v) is 17.7. The van der Waals surface area contributed by atoms with Crippen molar-refractivity contribution in [3.8, 4) is 22.9 Å². The molecule has 6 rings (SSSR count). The number of nitrogens with one attached hydrogen (secondary N) is 3. The Morgan fingerprint density at radius 3 is 2.34 bits per heavy atom. The Balaban J connectivity index is 1.34. The Labute approximate surface area is 183 Å². The van der Waals surface area contributed by atoms with Crippen LogP contribution in [0.1, 0.15) is 0 Å². The summed E-state index contributed by atoms with van der Waals surface area (Å²) in [5.74, 6) is 1.46. The summed E-state index contributed by atoms with van der Waals surface area (Å²) in [6.07, 6.45) is 1.63. The minimum Gasteiger partial charge on any atom is -0.369 e. The molecule has 3 aromatic heterocycles. The number of hydrogen-bond acceptors (Lipinski definition) is 5. The van der Waals surface area contributed by atoms with Gasteiger partial charge in [-0.15, -0.1) is 0 Å². The van der Waals surface area contributed by atoms with Crippen LogP contribution in [-0.4, -0.2) is 63.0 Å². The largest absolute Gasteiger partial charge is 0.369 e. The molecule has 32 heavy (non-hydrogen) atoms. The van der Waals surface area contributed by atoms with Crippen LogP contribution >= 0.6 is 0 Å². The predicted molar refractivity (Wildman–Crippen MR) is 127 cm³/mol. The maximum atomic E-state index is 11.7. The van der Waals surface area contributed by atoms with Gasteiger partial charge >= 0.3 is 0 Å². The van der Waals surface area contributed by atoms with Crippen LogP contribution in [0.5, 0.6) is 0 Å². The van der Waals surface area contributed by atoms with Crippen molar-refractivity contribution in [2.45, 2.75) is 0 Å². The van der Waals surface area contributed by atoms with Crippen molar-refractivity contribution in [1.82, 2.24) is 29.8 Å². The number of aromatic nitrogens is 5. The summed E-state index contributed by atoms with van der Waals surface area (Å²) in [4.78, 5) is 35.7. The molecule has 0 aliphatic carbocycles. The quantitative estimate of drug-likeness (QED) is 0.412. The maximum Gasteiger partial charge on any atom is 0.182 e. The molecule has 3 N–H and O–H groups in total. The summed E-state index contributed by atoms with van der Waals surface area (Å²) in [6, 6.07) is 15.5. The third-order valence-corrected chi connectivity index (χ3v) is 6.12. The predicted octanol–water partition coefficient (Wildman–Crippen LogP) is 3.21. The first kappa shape index (κ1) is 18.8. The fourth-order valence-corrected chi connectivity index (χ4v) is 4.26. The van der Waals surface area contributed by atoms with E-state index in [0.29, 0.717) is 11.5 Å². The first-order valence-electron chi connectivity index (χ1n) is 10.7. The number of benzene rings is 2. The molecule has 8 nitrogen and oxygen atoms in total. The summed E-state index contributed by atoms with van der Waals surface area (Å²) in [5.41, 5.74) is 6.52. The monoisotopic (exact) mass is 425 g/mol. The van der Waals surface area contributed by atoms with Gasteiger partial charge in [-0.25, -0.2) is 9.97 Å². The van der Waals surface area contributed by atoms with Crippen LogP contribution in [-0.2, 0) is 0 Å². The van der Waals surface area contributed by atoms with Crippen molar-refractivity contribution in [2.24, 2.45) is 0 Å². The van der Waals surface area contributed by atoms with E-state index >= 15 is 0 Å². The van der Waals surface area contributed by atoms with E-state index in [1.54, 1.807) is 6.20 Å². The molecule has 0 saturated carbocycles. The summed E-state index contributed by atoms with van der Waals surface area (Å²) in [5, 5.41) is 0. The molecular formula is C24H23N7O. The second kappa shape index (κ2) is 7.35. The lowest BCUT2D eigenvalue weighted by atomic mass is 10.2. The number of nitrogens with zero attached hydrogens (tertiary/aromatic N) is 4. The Hall–Kier alpha value is -3.91. The standard InChI is InChI=1S/C24H23N7O/c1-30-8-10-31(11-9-30)16-3-5-19-21(13-16)28-23(26-19)15-2-4-18-20(12-15)29-24(27-18)22-14-17(32)6-7-25-22/h2-7,12-14H,8-11H2,1H3,(H,25,32)(H,26,28)(H,27,29). The molecule has 0 radical (unpaired) electrons. The average molecular weight is 425 g/mol. The van der Waals surface area contributed by atoms with E-state index in [4.69, 9.17) is 4.98 Å². The summed E-state index contributed by atoms with van der Waals surface area (Å²) < 4.78 is 0. The van der Waals surface area contributed by atoms with Crippen LogP contribution in [0.3, 0.4) is 0 Å². The molecule has 160 valence electrons. The maximum absolute atomic E-state index is 11.7. The highest BCUT2D eigenvalue weighted by Gasteiger charge is 2.16. The molecule has 8 heteroatoms. The molecule has 4 heterocycles. The smallest absolute Gasteiger partial charge is 0.182 e. The second-order valence-electron chi connectivity index (χ2n) is 8.33. The van der Waals surface area contributed by atoms with E-state index < -0.39 is 0 Å². The van der Waals surface area contributed by atoms with Crippen molar-refractivity contribution in [2.75, 3.05) is 38.1 Å². The van der Waals surface area contributed by atoms with Crippen molar-refractivity contribution in [3.63, 3.8) is 0 Å². The first-order valence-corrected chi connectivity index (χ1v) is 10.7. The van der Waals surface area contributed by atoms with Crippen molar-refractivity contribution in [3.05, 3.63) is 65.0 Å². The number of rotatable bonds is 3. The fraction of sp³-hybridized carbons (Fsp3) is 0.208. The lowest BCUT2D eigenvalue weighted by molar-refractivity contribution is 0.313. The molecule has 1 aliphatic rings. The number of imidazole rings is 2. The molecule has 0 bridgehead atoms. The van der Waals surface area contributed by atoms with Gasteiger partial charge in [0.2, 0.25) is 0 Å². The number of piperazine rings is 1. The zero-order chi connectivity index (χ0) is 21.7. The van der Waals surface area contributed by atoms with Crippen LogP contribution in [0, 0.1) is 0 Å². The van der Waals surface area contributed by atoms with Gasteiger partial charge in [0.05, 0.1) is 27.8 Å². The number of pyridine rings is 1. The summed E-state index contributed by atoms with van der Waals surface area (Å²) in [6.45, 7) is 4.23. The third kappa shape index (κ3) is 3.34. The zero-order valence-electron chi connectivity index (χ0n) is 17.7. The molecule has 1 aliphatic heterocycles. The highest BCUT2D eigenvalue weighted by molar-refractivity contribution is 5.86. The van der Waals surface area contributed by atoms with Crippen LogP contribution in [0.25, 0.3) is 45.0 Å². The number of H-pyrrole nitrogens is 3. The van der Waals surface area contributed by atoms with Crippen LogP contribution in [0.4, 0.5) is 5.69 Å². The topological polar surface area (TPSA) is 96.7 Å². The van der Waals surface area contributed by atoms with E-state index in [9.17, 15) is 4.79 Å². The van der Waals surface area contributed by atoms with Crippen LogP contribution < -0.4 is 10.3 Å². The molecule has 2 aromatic carbocycles. The number of aromatic amines is 3.